The number of aryl methyl sites for hydroxylation is 1. The predicted molar refractivity (Wildman–Crippen MR) is 128 cm³/mol. The third kappa shape index (κ3) is 4.83. The van der Waals surface area contributed by atoms with Crippen LogP contribution in [0.4, 0.5) is 5.82 Å². The Morgan fingerprint density at radius 1 is 1.06 bits per heavy atom. The highest BCUT2D eigenvalue weighted by Gasteiger charge is 2.20. The Morgan fingerprint density at radius 3 is 2.47 bits per heavy atom. The van der Waals surface area contributed by atoms with Crippen LogP contribution in [-0.2, 0) is 11.3 Å². The minimum atomic E-state index is -0.117. The summed E-state index contributed by atoms with van der Waals surface area (Å²) in [6.07, 6.45) is 2.39. The number of nitrogens with zero attached hydrogens (tertiary/aromatic N) is 4. The van der Waals surface area contributed by atoms with Crippen molar-refractivity contribution in [3.63, 3.8) is 0 Å². The maximum atomic E-state index is 13.2. The van der Waals surface area contributed by atoms with Gasteiger partial charge in [0.25, 0.3) is 5.56 Å². The van der Waals surface area contributed by atoms with Gasteiger partial charge in [-0.15, -0.1) is 0 Å². The molecule has 7 nitrogen and oxygen atoms in total. The molecular weight excluding hydrogens is 402 g/mol. The molecule has 1 N–H and O–H groups in total. The van der Waals surface area contributed by atoms with Crippen LogP contribution in [0.1, 0.15) is 30.9 Å². The van der Waals surface area contributed by atoms with Gasteiger partial charge in [0.2, 0.25) is 5.91 Å². The third-order valence-corrected chi connectivity index (χ3v) is 6.10. The minimum absolute atomic E-state index is 0.0664. The first-order chi connectivity index (χ1) is 15.5. The van der Waals surface area contributed by atoms with Crippen LogP contribution in [0.25, 0.3) is 11.0 Å². The summed E-state index contributed by atoms with van der Waals surface area (Å²) in [4.78, 5) is 34.7. The smallest absolute Gasteiger partial charge is 0.294 e. The van der Waals surface area contributed by atoms with Gasteiger partial charge in [0.05, 0.1) is 17.1 Å². The summed E-state index contributed by atoms with van der Waals surface area (Å²) in [5, 5.41) is 3.05. The van der Waals surface area contributed by atoms with Crippen LogP contribution >= 0.6 is 0 Å². The Labute approximate surface area is 188 Å². The van der Waals surface area contributed by atoms with E-state index < -0.39 is 0 Å². The lowest BCUT2D eigenvalue weighted by molar-refractivity contribution is -0.121. The highest BCUT2D eigenvalue weighted by atomic mass is 16.2. The quantitative estimate of drug-likeness (QED) is 0.592. The van der Waals surface area contributed by atoms with E-state index in [1.165, 1.54) is 0 Å². The first-order valence-corrected chi connectivity index (χ1v) is 11.3. The van der Waals surface area contributed by atoms with Gasteiger partial charge in [-0.2, -0.15) is 0 Å². The first kappa shape index (κ1) is 22.0. The van der Waals surface area contributed by atoms with Crippen molar-refractivity contribution in [3.8, 4) is 0 Å². The number of para-hydroxylation sites is 2. The lowest BCUT2D eigenvalue weighted by Crippen LogP contribution is -2.36. The Hall–Kier alpha value is -3.19. The molecule has 0 spiro atoms. The molecule has 2 aromatic carbocycles. The van der Waals surface area contributed by atoms with Crippen molar-refractivity contribution in [1.82, 2.24) is 19.8 Å². The SMILES string of the molecule is CN(C)C(CNC(=O)CCn1c(=O)c(N2CCCC2)nc2ccccc21)c1ccccc1. The lowest BCUT2D eigenvalue weighted by Gasteiger charge is -2.25. The van der Waals surface area contributed by atoms with Crippen LogP contribution in [0.5, 0.6) is 0 Å². The summed E-state index contributed by atoms with van der Waals surface area (Å²) in [6.45, 7) is 2.55. The van der Waals surface area contributed by atoms with Gasteiger partial charge >= 0.3 is 0 Å². The molecule has 4 rings (SSSR count). The number of likely N-dealkylation sites (N-methyl/N-ethyl adjacent to an activating group) is 1. The molecule has 1 fully saturated rings. The summed E-state index contributed by atoms with van der Waals surface area (Å²) in [5.41, 5.74) is 2.59. The fourth-order valence-corrected chi connectivity index (χ4v) is 4.32. The van der Waals surface area contributed by atoms with Gasteiger partial charge in [-0.25, -0.2) is 4.98 Å². The van der Waals surface area contributed by atoms with E-state index in [2.05, 4.69) is 32.2 Å². The van der Waals surface area contributed by atoms with Crippen LogP contribution in [0, 0.1) is 0 Å². The Morgan fingerprint density at radius 2 is 1.75 bits per heavy atom. The van der Waals surface area contributed by atoms with Gasteiger partial charge in [0.15, 0.2) is 5.82 Å². The molecule has 168 valence electrons. The van der Waals surface area contributed by atoms with Crippen LogP contribution in [0.3, 0.4) is 0 Å². The first-order valence-electron chi connectivity index (χ1n) is 11.3. The van der Waals surface area contributed by atoms with E-state index in [1.807, 2.05) is 56.6 Å². The van der Waals surface area contributed by atoms with Crippen molar-refractivity contribution in [3.05, 3.63) is 70.5 Å². The highest BCUT2D eigenvalue weighted by molar-refractivity contribution is 5.78. The number of carbonyl (C=O) groups excluding carboxylic acids is 1. The van der Waals surface area contributed by atoms with Gasteiger partial charge in [0.1, 0.15) is 0 Å². The lowest BCUT2D eigenvalue weighted by atomic mass is 10.1. The summed E-state index contributed by atoms with van der Waals surface area (Å²) in [6, 6.07) is 17.9. The molecule has 2 heterocycles. The second kappa shape index (κ2) is 9.96. The molecular formula is C25H31N5O2. The van der Waals surface area contributed by atoms with E-state index in [4.69, 9.17) is 0 Å². The Balaban J connectivity index is 1.48. The zero-order valence-corrected chi connectivity index (χ0v) is 18.8. The molecule has 1 aliphatic rings. The molecule has 1 amide bonds. The second-order valence-electron chi connectivity index (χ2n) is 8.52. The molecule has 3 aromatic rings. The average Bonchev–Trinajstić information content (AvgIpc) is 3.33. The molecule has 1 unspecified atom stereocenters. The van der Waals surface area contributed by atoms with Crippen LogP contribution in [0.2, 0.25) is 0 Å². The van der Waals surface area contributed by atoms with Gasteiger partial charge in [-0.05, 0) is 44.6 Å². The topological polar surface area (TPSA) is 70.5 Å². The predicted octanol–water partition coefficient (Wildman–Crippen LogP) is 2.81. The molecule has 0 saturated carbocycles. The fourth-order valence-electron chi connectivity index (χ4n) is 4.32. The number of carbonyl (C=O) groups is 1. The highest BCUT2D eigenvalue weighted by Crippen LogP contribution is 2.19. The Kier molecular flexibility index (Phi) is 6.85. The van der Waals surface area contributed by atoms with Gasteiger partial charge in [-0.3, -0.25) is 9.59 Å². The monoisotopic (exact) mass is 433 g/mol. The van der Waals surface area contributed by atoms with Gasteiger partial charge in [-0.1, -0.05) is 42.5 Å². The summed E-state index contributed by atoms with van der Waals surface area (Å²) in [5.74, 6) is 0.432. The van der Waals surface area contributed by atoms with Crippen molar-refractivity contribution in [2.75, 3.05) is 38.6 Å². The maximum absolute atomic E-state index is 13.2. The average molecular weight is 434 g/mol. The molecule has 1 atom stereocenters. The van der Waals surface area contributed by atoms with Crippen molar-refractivity contribution in [1.29, 1.82) is 0 Å². The normalized spacial score (nSPS) is 14.8. The van der Waals surface area contributed by atoms with Crippen LogP contribution < -0.4 is 15.8 Å². The van der Waals surface area contributed by atoms with Crippen molar-refractivity contribution in [2.45, 2.75) is 31.8 Å². The van der Waals surface area contributed by atoms with E-state index in [0.29, 0.717) is 18.9 Å². The van der Waals surface area contributed by atoms with Crippen molar-refractivity contribution in [2.24, 2.45) is 0 Å². The van der Waals surface area contributed by atoms with E-state index >= 15 is 0 Å². The largest absolute Gasteiger partial charge is 0.354 e. The molecule has 0 aliphatic carbocycles. The third-order valence-electron chi connectivity index (χ3n) is 6.10. The summed E-state index contributed by atoms with van der Waals surface area (Å²) >= 11 is 0. The van der Waals surface area contributed by atoms with Crippen LogP contribution in [0.15, 0.2) is 59.4 Å². The molecule has 1 saturated heterocycles. The van der Waals surface area contributed by atoms with E-state index in [-0.39, 0.29) is 23.9 Å². The summed E-state index contributed by atoms with van der Waals surface area (Å²) in [7, 11) is 4.01. The second-order valence-corrected chi connectivity index (χ2v) is 8.52. The number of hydrogen-bond acceptors (Lipinski definition) is 5. The number of hydrogen-bond donors (Lipinski definition) is 1. The van der Waals surface area contributed by atoms with E-state index in [9.17, 15) is 9.59 Å². The standard InChI is InChI=1S/C25H31N5O2/c1-28(2)22(19-10-4-3-5-11-19)18-26-23(31)14-17-30-21-13-7-6-12-20(21)27-24(25(30)32)29-15-8-9-16-29/h3-7,10-13,22H,8-9,14-18H2,1-2H3,(H,26,31). The zero-order valence-electron chi connectivity index (χ0n) is 18.8. The molecule has 1 aliphatic heterocycles. The van der Waals surface area contributed by atoms with Crippen molar-refractivity contribution >= 4 is 22.8 Å². The van der Waals surface area contributed by atoms with Crippen LogP contribution in [-0.4, -0.2) is 54.1 Å². The number of anilines is 1. The van der Waals surface area contributed by atoms with Crippen molar-refractivity contribution < 1.29 is 4.79 Å². The maximum Gasteiger partial charge on any atom is 0.294 e. The number of fused-ring (bicyclic) bond motifs is 1. The molecule has 7 heteroatoms. The van der Waals surface area contributed by atoms with Gasteiger partial charge in [0, 0.05) is 32.6 Å². The number of aromatic nitrogens is 2. The fraction of sp³-hybridized carbons (Fsp3) is 0.400. The number of benzene rings is 2. The number of amides is 1. The number of rotatable bonds is 8. The van der Waals surface area contributed by atoms with Gasteiger partial charge < -0.3 is 19.7 Å². The Bertz CT molecular complexity index is 1120. The molecule has 32 heavy (non-hydrogen) atoms. The van der Waals surface area contributed by atoms with E-state index in [0.717, 1.165) is 42.5 Å². The van der Waals surface area contributed by atoms with E-state index in [1.54, 1.807) is 4.57 Å². The zero-order chi connectivity index (χ0) is 22.5. The minimum Gasteiger partial charge on any atom is -0.354 e. The molecule has 1 aromatic heterocycles. The molecule has 0 radical (unpaired) electrons. The number of nitrogens with one attached hydrogen (secondary N) is 1. The molecule has 0 bridgehead atoms. The summed E-state index contributed by atoms with van der Waals surface area (Å²) < 4.78 is 1.70.